The SMILES string of the molecule is Cc1nc(-c2ccc(F)cc2)sc1C(=O)Nc1cccc2c(O)cccc12. The number of carbonyl (C=O) groups excluding carboxylic acids is 1. The minimum Gasteiger partial charge on any atom is -0.507 e. The molecule has 0 fully saturated rings. The Morgan fingerprint density at radius 2 is 1.74 bits per heavy atom. The van der Waals surface area contributed by atoms with Crippen molar-refractivity contribution >= 4 is 33.7 Å². The van der Waals surface area contributed by atoms with E-state index < -0.39 is 0 Å². The number of phenols is 1. The second-order valence-corrected chi connectivity index (χ2v) is 7.07. The molecule has 0 saturated carbocycles. The molecule has 134 valence electrons. The second kappa shape index (κ2) is 6.81. The molecule has 0 atom stereocenters. The summed E-state index contributed by atoms with van der Waals surface area (Å²) in [7, 11) is 0. The maximum Gasteiger partial charge on any atom is 0.267 e. The highest BCUT2D eigenvalue weighted by Gasteiger charge is 2.17. The fraction of sp³-hybridized carbons (Fsp3) is 0.0476. The van der Waals surface area contributed by atoms with Crippen LogP contribution in [0.1, 0.15) is 15.4 Å². The van der Waals surface area contributed by atoms with E-state index in [-0.39, 0.29) is 17.5 Å². The summed E-state index contributed by atoms with van der Waals surface area (Å²) in [5.41, 5.74) is 1.99. The smallest absolute Gasteiger partial charge is 0.267 e. The summed E-state index contributed by atoms with van der Waals surface area (Å²) < 4.78 is 13.1. The van der Waals surface area contributed by atoms with Crippen molar-refractivity contribution in [3.8, 4) is 16.3 Å². The van der Waals surface area contributed by atoms with E-state index in [9.17, 15) is 14.3 Å². The number of benzene rings is 3. The third-order valence-corrected chi connectivity index (χ3v) is 5.45. The Morgan fingerprint density at radius 3 is 2.52 bits per heavy atom. The average molecular weight is 378 g/mol. The number of hydrogen-bond donors (Lipinski definition) is 2. The van der Waals surface area contributed by atoms with Crippen LogP contribution < -0.4 is 5.32 Å². The lowest BCUT2D eigenvalue weighted by Crippen LogP contribution is -2.11. The fourth-order valence-corrected chi connectivity index (χ4v) is 3.87. The zero-order chi connectivity index (χ0) is 19.0. The number of amides is 1. The molecule has 0 unspecified atom stereocenters. The van der Waals surface area contributed by atoms with Crippen LogP contribution in [-0.2, 0) is 0 Å². The van der Waals surface area contributed by atoms with Crippen LogP contribution in [-0.4, -0.2) is 16.0 Å². The molecule has 4 aromatic rings. The van der Waals surface area contributed by atoms with Gasteiger partial charge in [0.15, 0.2) is 0 Å². The topological polar surface area (TPSA) is 62.2 Å². The number of carbonyl (C=O) groups is 1. The van der Waals surface area contributed by atoms with E-state index in [1.165, 1.54) is 23.5 Å². The van der Waals surface area contributed by atoms with Crippen molar-refractivity contribution in [2.75, 3.05) is 5.32 Å². The molecule has 1 aromatic heterocycles. The molecule has 0 aliphatic rings. The van der Waals surface area contributed by atoms with Gasteiger partial charge < -0.3 is 10.4 Å². The lowest BCUT2D eigenvalue weighted by atomic mass is 10.1. The third kappa shape index (κ3) is 3.27. The van der Waals surface area contributed by atoms with Crippen LogP contribution in [0.5, 0.6) is 5.75 Å². The van der Waals surface area contributed by atoms with Crippen LogP contribution >= 0.6 is 11.3 Å². The molecule has 27 heavy (non-hydrogen) atoms. The molecular weight excluding hydrogens is 363 g/mol. The average Bonchev–Trinajstić information content (AvgIpc) is 3.05. The van der Waals surface area contributed by atoms with Crippen LogP contribution in [0.2, 0.25) is 0 Å². The molecule has 1 heterocycles. The molecular formula is C21H15FN2O2S. The highest BCUT2D eigenvalue weighted by Crippen LogP contribution is 2.32. The van der Waals surface area contributed by atoms with Crippen LogP contribution in [0, 0.1) is 12.7 Å². The molecule has 4 nitrogen and oxygen atoms in total. The van der Waals surface area contributed by atoms with Crippen molar-refractivity contribution in [1.29, 1.82) is 0 Å². The van der Waals surface area contributed by atoms with Gasteiger partial charge in [0.05, 0.1) is 5.69 Å². The Hall–Kier alpha value is -3.25. The van der Waals surface area contributed by atoms with Gasteiger partial charge in [0.25, 0.3) is 5.91 Å². The monoisotopic (exact) mass is 378 g/mol. The highest BCUT2D eigenvalue weighted by atomic mass is 32.1. The molecule has 6 heteroatoms. The number of anilines is 1. The summed E-state index contributed by atoms with van der Waals surface area (Å²) in [4.78, 5) is 17.7. The number of aryl methyl sites for hydroxylation is 1. The summed E-state index contributed by atoms with van der Waals surface area (Å²) in [5, 5.41) is 15.0. The van der Waals surface area contributed by atoms with Crippen molar-refractivity contribution in [2.24, 2.45) is 0 Å². The predicted molar refractivity (Wildman–Crippen MR) is 106 cm³/mol. The lowest BCUT2D eigenvalue weighted by molar-refractivity contribution is 0.103. The first-order valence-electron chi connectivity index (χ1n) is 8.28. The number of thiazole rings is 1. The van der Waals surface area contributed by atoms with Gasteiger partial charge in [0, 0.05) is 22.0 Å². The molecule has 4 rings (SSSR count). The van der Waals surface area contributed by atoms with E-state index in [1.807, 2.05) is 6.07 Å². The molecule has 0 saturated heterocycles. The quantitative estimate of drug-likeness (QED) is 0.504. The fourth-order valence-electron chi connectivity index (χ4n) is 2.90. The Bertz CT molecular complexity index is 1150. The van der Waals surface area contributed by atoms with E-state index in [4.69, 9.17) is 0 Å². The first kappa shape index (κ1) is 17.2. The summed E-state index contributed by atoms with van der Waals surface area (Å²) in [6, 6.07) is 16.6. The number of aromatic hydroxyl groups is 1. The maximum absolute atomic E-state index is 13.1. The maximum atomic E-state index is 13.1. The number of nitrogens with zero attached hydrogens (tertiary/aromatic N) is 1. The molecule has 0 bridgehead atoms. The second-order valence-electron chi connectivity index (χ2n) is 6.07. The van der Waals surface area contributed by atoms with Crippen molar-refractivity contribution in [1.82, 2.24) is 4.98 Å². The van der Waals surface area contributed by atoms with Gasteiger partial charge in [0.1, 0.15) is 21.5 Å². The number of rotatable bonds is 3. The Kier molecular flexibility index (Phi) is 4.33. The Labute approximate surface area is 158 Å². The standard InChI is InChI=1S/C21H15FN2O2S/c1-12-19(27-21(23-12)13-8-10-14(22)11-9-13)20(26)24-17-6-2-5-16-15(17)4-3-7-18(16)25/h2-11,25H,1H3,(H,24,26). The molecule has 3 aromatic carbocycles. The molecule has 0 spiro atoms. The van der Waals surface area contributed by atoms with E-state index in [0.717, 1.165) is 10.9 Å². The molecule has 2 N–H and O–H groups in total. The third-order valence-electron chi connectivity index (χ3n) is 4.24. The summed E-state index contributed by atoms with van der Waals surface area (Å²) in [6.45, 7) is 1.77. The predicted octanol–water partition coefficient (Wildman–Crippen LogP) is 5.37. The van der Waals surface area contributed by atoms with Gasteiger partial charge in [0.2, 0.25) is 0 Å². The molecule has 0 radical (unpaired) electrons. The molecule has 1 amide bonds. The van der Waals surface area contributed by atoms with Crippen molar-refractivity contribution < 1.29 is 14.3 Å². The molecule has 0 aliphatic heterocycles. The number of nitrogens with one attached hydrogen (secondary N) is 1. The number of aromatic nitrogens is 1. The zero-order valence-corrected chi connectivity index (χ0v) is 15.2. The van der Waals surface area contributed by atoms with Crippen LogP contribution in [0.15, 0.2) is 60.7 Å². The van der Waals surface area contributed by atoms with Gasteiger partial charge in [-0.15, -0.1) is 11.3 Å². The zero-order valence-electron chi connectivity index (χ0n) is 14.4. The summed E-state index contributed by atoms with van der Waals surface area (Å²) in [6.07, 6.45) is 0. The lowest BCUT2D eigenvalue weighted by Gasteiger charge is -2.09. The van der Waals surface area contributed by atoms with E-state index >= 15 is 0 Å². The first-order valence-corrected chi connectivity index (χ1v) is 9.10. The minimum atomic E-state index is -0.316. The van der Waals surface area contributed by atoms with Crippen molar-refractivity contribution in [2.45, 2.75) is 6.92 Å². The van der Waals surface area contributed by atoms with Crippen LogP contribution in [0.25, 0.3) is 21.3 Å². The number of halogens is 1. The normalized spacial score (nSPS) is 10.9. The van der Waals surface area contributed by atoms with Crippen molar-refractivity contribution in [3.63, 3.8) is 0 Å². The van der Waals surface area contributed by atoms with Gasteiger partial charge >= 0.3 is 0 Å². The van der Waals surface area contributed by atoms with Crippen LogP contribution in [0.4, 0.5) is 10.1 Å². The largest absolute Gasteiger partial charge is 0.507 e. The van der Waals surface area contributed by atoms with E-state index in [1.54, 1.807) is 49.4 Å². The van der Waals surface area contributed by atoms with Gasteiger partial charge in [-0.25, -0.2) is 9.37 Å². The van der Waals surface area contributed by atoms with Crippen molar-refractivity contribution in [3.05, 3.63) is 77.1 Å². The van der Waals surface area contributed by atoms with Gasteiger partial charge in [-0.05, 0) is 43.3 Å². The van der Waals surface area contributed by atoms with Gasteiger partial charge in [-0.1, -0.05) is 24.3 Å². The van der Waals surface area contributed by atoms with E-state index in [2.05, 4.69) is 10.3 Å². The number of fused-ring (bicyclic) bond motifs is 1. The van der Waals surface area contributed by atoms with Crippen LogP contribution in [0.3, 0.4) is 0 Å². The van der Waals surface area contributed by atoms with Gasteiger partial charge in [-0.3, -0.25) is 4.79 Å². The Morgan fingerprint density at radius 1 is 1.04 bits per heavy atom. The first-order chi connectivity index (χ1) is 13.0. The minimum absolute atomic E-state index is 0.163. The van der Waals surface area contributed by atoms with E-state index in [0.29, 0.717) is 26.7 Å². The number of phenolic OH excluding ortho intramolecular Hbond substituents is 1. The number of hydrogen-bond acceptors (Lipinski definition) is 4. The highest BCUT2D eigenvalue weighted by molar-refractivity contribution is 7.17. The summed E-state index contributed by atoms with van der Waals surface area (Å²) >= 11 is 1.26. The molecule has 0 aliphatic carbocycles. The Balaban J connectivity index is 1.66. The summed E-state index contributed by atoms with van der Waals surface area (Å²) in [5.74, 6) is -0.422. The van der Waals surface area contributed by atoms with Gasteiger partial charge in [-0.2, -0.15) is 0 Å².